The summed E-state index contributed by atoms with van der Waals surface area (Å²) in [6, 6.07) is 5.79. The van der Waals surface area contributed by atoms with E-state index in [2.05, 4.69) is 11.2 Å². The average Bonchev–Trinajstić information content (AvgIpc) is 2.22. The molecule has 1 atom stereocenters. The van der Waals surface area contributed by atoms with Gasteiger partial charge in [-0.15, -0.1) is 12.3 Å². The molecule has 0 spiro atoms. The van der Waals surface area contributed by atoms with Gasteiger partial charge in [-0.05, 0) is 18.6 Å². The van der Waals surface area contributed by atoms with Crippen LogP contribution in [-0.2, 0) is 0 Å². The molecule has 1 aromatic carbocycles. The molecule has 3 heteroatoms. The molecule has 0 saturated heterocycles. The van der Waals surface area contributed by atoms with Gasteiger partial charge in [-0.2, -0.15) is 0 Å². The highest BCUT2D eigenvalue weighted by Gasteiger charge is 2.10. The summed E-state index contributed by atoms with van der Waals surface area (Å²) in [5.41, 5.74) is 1.00. The van der Waals surface area contributed by atoms with E-state index in [1.165, 1.54) is 0 Å². The molecular weight excluding hydrogens is 229 g/mol. The van der Waals surface area contributed by atoms with Gasteiger partial charge in [-0.25, -0.2) is 0 Å². The molecule has 0 radical (unpaired) electrons. The average molecular weight is 242 g/mol. The predicted octanol–water partition coefficient (Wildman–Crippen LogP) is 3.67. The van der Waals surface area contributed by atoms with Gasteiger partial charge in [0.2, 0.25) is 0 Å². The number of hydrogen-bond donors (Lipinski definition) is 1. The highest BCUT2D eigenvalue weighted by molar-refractivity contribution is 6.42. The number of hydrogen-bond acceptors (Lipinski definition) is 1. The molecule has 0 aliphatic rings. The van der Waals surface area contributed by atoms with Gasteiger partial charge in [-0.1, -0.05) is 35.3 Å². The summed E-state index contributed by atoms with van der Waals surface area (Å²) < 4.78 is 0. The van der Waals surface area contributed by atoms with Gasteiger partial charge in [0.25, 0.3) is 0 Å². The molecule has 0 aliphatic carbocycles. The molecule has 0 amide bonds. The van der Waals surface area contributed by atoms with Crippen LogP contribution in [0.3, 0.4) is 0 Å². The maximum absolute atomic E-state index is 6.09. The fourth-order valence-corrected chi connectivity index (χ4v) is 1.80. The van der Waals surface area contributed by atoms with E-state index in [9.17, 15) is 0 Å². The Bertz CT molecular complexity index is 368. The molecule has 1 N–H and O–H groups in total. The second kappa shape index (κ2) is 6.02. The highest BCUT2D eigenvalue weighted by Crippen LogP contribution is 2.29. The van der Waals surface area contributed by atoms with Crippen molar-refractivity contribution in [2.75, 3.05) is 6.54 Å². The lowest BCUT2D eigenvalue weighted by atomic mass is 10.1. The van der Waals surface area contributed by atoms with E-state index in [4.69, 9.17) is 29.6 Å². The van der Waals surface area contributed by atoms with Crippen molar-refractivity contribution in [3.8, 4) is 12.3 Å². The van der Waals surface area contributed by atoms with Crippen molar-refractivity contribution in [2.45, 2.75) is 19.4 Å². The zero-order chi connectivity index (χ0) is 11.3. The fourth-order valence-electron chi connectivity index (χ4n) is 1.33. The van der Waals surface area contributed by atoms with E-state index < -0.39 is 0 Å². The Morgan fingerprint density at radius 3 is 2.87 bits per heavy atom. The molecule has 1 unspecified atom stereocenters. The van der Waals surface area contributed by atoms with Gasteiger partial charge in [0.1, 0.15) is 0 Å². The van der Waals surface area contributed by atoms with Crippen molar-refractivity contribution in [1.82, 2.24) is 5.32 Å². The quantitative estimate of drug-likeness (QED) is 0.627. The minimum Gasteiger partial charge on any atom is -0.309 e. The van der Waals surface area contributed by atoms with Crippen LogP contribution in [0.1, 0.15) is 24.9 Å². The van der Waals surface area contributed by atoms with E-state index >= 15 is 0 Å². The first-order chi connectivity index (χ1) is 7.16. The maximum Gasteiger partial charge on any atom is 0.0639 e. The van der Waals surface area contributed by atoms with Crippen LogP contribution in [0.5, 0.6) is 0 Å². The first-order valence-electron chi connectivity index (χ1n) is 4.77. The third-order valence-electron chi connectivity index (χ3n) is 2.17. The van der Waals surface area contributed by atoms with E-state index in [1.807, 2.05) is 19.1 Å². The molecule has 1 rings (SSSR count). The van der Waals surface area contributed by atoms with E-state index in [0.29, 0.717) is 16.5 Å². The monoisotopic (exact) mass is 241 g/mol. The summed E-state index contributed by atoms with van der Waals surface area (Å²) in [5, 5.41) is 4.48. The zero-order valence-electron chi connectivity index (χ0n) is 8.56. The summed E-state index contributed by atoms with van der Waals surface area (Å²) in [6.45, 7) is 2.81. The second-order valence-corrected chi connectivity index (χ2v) is 4.06. The Hall–Kier alpha value is -0.680. The Morgan fingerprint density at radius 1 is 1.47 bits per heavy atom. The molecule has 1 aromatic rings. The van der Waals surface area contributed by atoms with Gasteiger partial charge in [0, 0.05) is 19.0 Å². The number of benzene rings is 1. The minimum absolute atomic E-state index is 0.157. The topological polar surface area (TPSA) is 12.0 Å². The lowest BCUT2D eigenvalue weighted by molar-refractivity contribution is 0.584. The van der Waals surface area contributed by atoms with Crippen LogP contribution >= 0.6 is 23.2 Å². The molecule has 1 nitrogen and oxygen atoms in total. The SMILES string of the molecule is C#CCCNC(C)c1cccc(Cl)c1Cl. The Labute approximate surface area is 101 Å². The first-order valence-corrected chi connectivity index (χ1v) is 5.53. The lowest BCUT2D eigenvalue weighted by Gasteiger charge is -2.15. The fraction of sp³-hybridized carbons (Fsp3) is 0.333. The number of halogens is 2. The molecule has 0 aromatic heterocycles. The van der Waals surface area contributed by atoms with Crippen LogP contribution in [0.25, 0.3) is 0 Å². The van der Waals surface area contributed by atoms with Crippen molar-refractivity contribution < 1.29 is 0 Å². The number of terminal acetylenes is 1. The first kappa shape index (κ1) is 12.4. The third kappa shape index (κ3) is 3.43. The van der Waals surface area contributed by atoms with Gasteiger partial charge in [-0.3, -0.25) is 0 Å². The normalized spacial score (nSPS) is 12.1. The number of nitrogens with one attached hydrogen (secondary N) is 1. The van der Waals surface area contributed by atoms with Crippen LogP contribution in [0, 0.1) is 12.3 Å². The summed E-state index contributed by atoms with van der Waals surface area (Å²) in [4.78, 5) is 0. The van der Waals surface area contributed by atoms with E-state index in [-0.39, 0.29) is 6.04 Å². The highest BCUT2D eigenvalue weighted by atomic mass is 35.5. The van der Waals surface area contributed by atoms with Gasteiger partial charge < -0.3 is 5.32 Å². The smallest absolute Gasteiger partial charge is 0.0639 e. The molecule has 80 valence electrons. The van der Waals surface area contributed by atoms with Crippen molar-refractivity contribution in [2.24, 2.45) is 0 Å². The minimum atomic E-state index is 0.157. The van der Waals surface area contributed by atoms with E-state index in [0.717, 1.165) is 12.1 Å². The largest absolute Gasteiger partial charge is 0.309 e. The summed E-state index contributed by atoms with van der Waals surface area (Å²) in [5.74, 6) is 2.58. The molecule has 15 heavy (non-hydrogen) atoms. The van der Waals surface area contributed by atoms with Crippen LogP contribution in [0.4, 0.5) is 0 Å². The molecule has 0 bridgehead atoms. The Kier molecular flexibility index (Phi) is 4.98. The summed E-state index contributed by atoms with van der Waals surface area (Å²) >= 11 is 12.0. The van der Waals surface area contributed by atoms with Gasteiger partial charge in [0.05, 0.1) is 10.0 Å². The second-order valence-electron chi connectivity index (χ2n) is 3.27. The van der Waals surface area contributed by atoms with Gasteiger partial charge >= 0.3 is 0 Å². The van der Waals surface area contributed by atoms with Crippen molar-refractivity contribution in [3.05, 3.63) is 33.8 Å². The zero-order valence-corrected chi connectivity index (χ0v) is 10.1. The van der Waals surface area contributed by atoms with Gasteiger partial charge in [0.15, 0.2) is 0 Å². The van der Waals surface area contributed by atoms with E-state index in [1.54, 1.807) is 6.07 Å². The Balaban J connectivity index is 2.70. The van der Waals surface area contributed by atoms with Crippen molar-refractivity contribution in [1.29, 1.82) is 0 Å². The molecule has 0 aliphatic heterocycles. The molecule has 0 saturated carbocycles. The van der Waals surface area contributed by atoms with Crippen molar-refractivity contribution >= 4 is 23.2 Å². The van der Waals surface area contributed by atoms with Crippen LogP contribution in [0.15, 0.2) is 18.2 Å². The summed E-state index contributed by atoms with van der Waals surface area (Å²) in [6.07, 6.45) is 5.88. The van der Waals surface area contributed by atoms with Crippen molar-refractivity contribution in [3.63, 3.8) is 0 Å². The van der Waals surface area contributed by atoms with Crippen LogP contribution in [-0.4, -0.2) is 6.54 Å². The Morgan fingerprint density at radius 2 is 2.20 bits per heavy atom. The predicted molar refractivity (Wildman–Crippen MR) is 66.3 cm³/mol. The van der Waals surface area contributed by atoms with Crippen LogP contribution in [0.2, 0.25) is 10.0 Å². The standard InChI is InChI=1S/C12H13Cl2N/c1-3-4-8-15-9(2)10-6-5-7-11(13)12(10)14/h1,5-7,9,15H,4,8H2,2H3. The number of rotatable bonds is 4. The maximum atomic E-state index is 6.09. The molecule has 0 heterocycles. The molecular formula is C12H13Cl2N. The lowest BCUT2D eigenvalue weighted by Crippen LogP contribution is -2.19. The summed E-state index contributed by atoms with van der Waals surface area (Å²) in [7, 11) is 0. The third-order valence-corrected chi connectivity index (χ3v) is 3.00. The molecule has 0 fully saturated rings. The van der Waals surface area contributed by atoms with Crippen LogP contribution < -0.4 is 5.32 Å².